The predicted molar refractivity (Wildman–Crippen MR) is 88.5 cm³/mol. The van der Waals surface area contributed by atoms with Gasteiger partial charge in [-0.05, 0) is 48.3 Å². The van der Waals surface area contributed by atoms with Crippen molar-refractivity contribution in [2.24, 2.45) is 0 Å². The highest BCUT2D eigenvalue weighted by Gasteiger charge is 2.15. The van der Waals surface area contributed by atoms with Crippen molar-refractivity contribution < 1.29 is 4.74 Å². The van der Waals surface area contributed by atoms with Crippen LogP contribution in [0.4, 0.5) is 0 Å². The summed E-state index contributed by atoms with van der Waals surface area (Å²) in [6.45, 7) is 11.8. The maximum Gasteiger partial charge on any atom is 0.128 e. The van der Waals surface area contributed by atoms with Gasteiger partial charge >= 0.3 is 0 Å². The Bertz CT molecular complexity index is 391. The van der Waals surface area contributed by atoms with E-state index in [1.807, 2.05) is 16.9 Å². The Balaban J connectivity index is 1.50. The van der Waals surface area contributed by atoms with Crippen LogP contribution in [0.1, 0.15) is 19.8 Å². The number of piperazine rings is 1. The molecule has 0 radical (unpaired) electrons. The summed E-state index contributed by atoms with van der Waals surface area (Å²) in [7, 11) is 0. The quantitative estimate of drug-likeness (QED) is 0.633. The van der Waals surface area contributed by atoms with Crippen molar-refractivity contribution in [3.05, 3.63) is 16.9 Å². The topological polar surface area (TPSA) is 33.5 Å². The highest BCUT2D eigenvalue weighted by Crippen LogP contribution is 2.07. The van der Waals surface area contributed by atoms with Crippen LogP contribution in [0.25, 0.3) is 0 Å². The molecule has 2 rings (SSSR count). The molecule has 1 fully saturated rings. The van der Waals surface area contributed by atoms with Crippen LogP contribution in [0.3, 0.4) is 0 Å². The van der Waals surface area contributed by atoms with E-state index in [2.05, 4.69) is 37.8 Å². The van der Waals surface area contributed by atoms with Crippen LogP contribution >= 0.6 is 15.9 Å². The molecule has 0 aromatic carbocycles. The molecule has 2 heterocycles. The third-order valence-electron chi connectivity index (χ3n) is 3.94. The van der Waals surface area contributed by atoms with Crippen molar-refractivity contribution in [3.63, 3.8) is 0 Å². The normalized spacial score (nSPS) is 17.4. The summed E-state index contributed by atoms with van der Waals surface area (Å²) in [5.41, 5.74) is 0. The van der Waals surface area contributed by atoms with E-state index >= 15 is 0 Å². The van der Waals surface area contributed by atoms with Crippen molar-refractivity contribution in [1.82, 2.24) is 19.6 Å². The predicted octanol–water partition coefficient (Wildman–Crippen LogP) is 2.08. The first kappa shape index (κ1) is 16.9. The molecular weight excluding hydrogens is 332 g/mol. The Morgan fingerprint density at radius 3 is 2.38 bits per heavy atom. The van der Waals surface area contributed by atoms with Gasteiger partial charge in [-0.1, -0.05) is 0 Å². The third kappa shape index (κ3) is 6.46. The molecule has 21 heavy (non-hydrogen) atoms. The monoisotopic (exact) mass is 358 g/mol. The molecule has 0 saturated carbocycles. The molecule has 120 valence electrons. The number of halogens is 1. The van der Waals surface area contributed by atoms with E-state index in [4.69, 9.17) is 4.74 Å². The zero-order chi connectivity index (χ0) is 14.9. The fourth-order valence-corrected chi connectivity index (χ4v) is 2.97. The first-order valence-electron chi connectivity index (χ1n) is 7.99. The van der Waals surface area contributed by atoms with Gasteiger partial charge in [0.25, 0.3) is 0 Å². The number of aromatic nitrogens is 2. The van der Waals surface area contributed by atoms with Crippen molar-refractivity contribution in [3.8, 4) is 0 Å². The molecular formula is C15H27BrN4O. The SMILES string of the molecule is CCOCCN1CCN(CCCCn2ccc(Br)n2)CC1. The number of aryl methyl sites for hydroxylation is 1. The van der Waals surface area contributed by atoms with Crippen LogP contribution in [0.2, 0.25) is 0 Å². The maximum atomic E-state index is 5.42. The molecule has 0 spiro atoms. The van der Waals surface area contributed by atoms with Gasteiger partial charge in [-0.25, -0.2) is 0 Å². The van der Waals surface area contributed by atoms with Gasteiger partial charge in [-0.15, -0.1) is 0 Å². The van der Waals surface area contributed by atoms with Gasteiger partial charge < -0.3 is 9.64 Å². The van der Waals surface area contributed by atoms with Gasteiger partial charge in [0.15, 0.2) is 0 Å². The number of hydrogen-bond acceptors (Lipinski definition) is 4. The third-order valence-corrected chi connectivity index (χ3v) is 4.36. The number of hydrogen-bond donors (Lipinski definition) is 0. The summed E-state index contributed by atoms with van der Waals surface area (Å²) in [5, 5.41) is 4.34. The van der Waals surface area contributed by atoms with E-state index in [1.54, 1.807) is 0 Å². The van der Waals surface area contributed by atoms with Gasteiger partial charge in [0.1, 0.15) is 4.60 Å². The van der Waals surface area contributed by atoms with Crippen LogP contribution in [0.15, 0.2) is 16.9 Å². The van der Waals surface area contributed by atoms with E-state index < -0.39 is 0 Å². The van der Waals surface area contributed by atoms with Gasteiger partial charge in [-0.2, -0.15) is 5.10 Å². The molecule has 1 aromatic rings. The van der Waals surface area contributed by atoms with Crippen LogP contribution in [0.5, 0.6) is 0 Å². The molecule has 1 aliphatic heterocycles. The van der Waals surface area contributed by atoms with E-state index in [0.29, 0.717) is 0 Å². The molecule has 5 nitrogen and oxygen atoms in total. The molecule has 1 saturated heterocycles. The number of ether oxygens (including phenoxy) is 1. The first-order chi connectivity index (χ1) is 10.3. The highest BCUT2D eigenvalue weighted by atomic mass is 79.9. The molecule has 1 aliphatic rings. The number of unbranched alkanes of at least 4 members (excludes halogenated alkanes) is 1. The summed E-state index contributed by atoms with van der Waals surface area (Å²) >= 11 is 3.38. The lowest BCUT2D eigenvalue weighted by Gasteiger charge is -2.34. The lowest BCUT2D eigenvalue weighted by atomic mass is 10.2. The number of rotatable bonds is 9. The van der Waals surface area contributed by atoms with Crippen LogP contribution in [-0.2, 0) is 11.3 Å². The second kappa shape index (κ2) is 9.56. The lowest BCUT2D eigenvalue weighted by molar-refractivity contribution is 0.0802. The minimum Gasteiger partial charge on any atom is -0.380 e. The second-order valence-electron chi connectivity index (χ2n) is 5.49. The molecule has 1 aromatic heterocycles. The van der Waals surface area contributed by atoms with Gasteiger partial charge in [0, 0.05) is 52.1 Å². The smallest absolute Gasteiger partial charge is 0.128 e. The van der Waals surface area contributed by atoms with Gasteiger partial charge in [0.05, 0.1) is 6.61 Å². The molecule has 6 heteroatoms. The molecule has 0 aliphatic carbocycles. The number of nitrogens with zero attached hydrogens (tertiary/aromatic N) is 4. The summed E-state index contributed by atoms with van der Waals surface area (Å²) in [6.07, 6.45) is 4.47. The molecule has 0 atom stereocenters. The minimum absolute atomic E-state index is 0.826. The van der Waals surface area contributed by atoms with Crippen molar-refractivity contribution in [2.75, 3.05) is 52.5 Å². The Labute approximate surface area is 136 Å². The van der Waals surface area contributed by atoms with Crippen LogP contribution in [0, 0.1) is 0 Å². The fraction of sp³-hybridized carbons (Fsp3) is 0.800. The van der Waals surface area contributed by atoms with Crippen molar-refractivity contribution in [2.45, 2.75) is 26.3 Å². The molecule has 0 unspecified atom stereocenters. The fourth-order valence-electron chi connectivity index (χ4n) is 2.65. The Kier molecular flexibility index (Phi) is 7.71. The summed E-state index contributed by atoms with van der Waals surface area (Å²) in [5.74, 6) is 0. The minimum atomic E-state index is 0.826. The van der Waals surface area contributed by atoms with Crippen LogP contribution < -0.4 is 0 Å². The summed E-state index contributed by atoms with van der Waals surface area (Å²) in [6, 6.07) is 1.99. The van der Waals surface area contributed by atoms with Gasteiger partial charge in [-0.3, -0.25) is 9.58 Å². The first-order valence-corrected chi connectivity index (χ1v) is 8.78. The largest absolute Gasteiger partial charge is 0.380 e. The van der Waals surface area contributed by atoms with E-state index in [0.717, 1.165) is 30.9 Å². The highest BCUT2D eigenvalue weighted by molar-refractivity contribution is 9.10. The van der Waals surface area contributed by atoms with Crippen molar-refractivity contribution in [1.29, 1.82) is 0 Å². The van der Waals surface area contributed by atoms with Crippen molar-refractivity contribution >= 4 is 15.9 Å². The van der Waals surface area contributed by atoms with E-state index in [-0.39, 0.29) is 0 Å². The van der Waals surface area contributed by atoms with Gasteiger partial charge in [0.2, 0.25) is 0 Å². The average molecular weight is 359 g/mol. The summed E-state index contributed by atoms with van der Waals surface area (Å²) in [4.78, 5) is 5.09. The molecule has 0 bridgehead atoms. The Morgan fingerprint density at radius 1 is 1.10 bits per heavy atom. The zero-order valence-corrected chi connectivity index (χ0v) is 14.6. The lowest BCUT2D eigenvalue weighted by Crippen LogP contribution is -2.47. The molecule has 0 N–H and O–H groups in total. The second-order valence-corrected chi connectivity index (χ2v) is 6.30. The average Bonchev–Trinajstić information content (AvgIpc) is 2.91. The van der Waals surface area contributed by atoms with E-state index in [9.17, 15) is 0 Å². The Hall–Kier alpha value is -0.430. The summed E-state index contributed by atoms with van der Waals surface area (Å²) < 4.78 is 8.35. The Morgan fingerprint density at radius 2 is 1.76 bits per heavy atom. The standard InChI is InChI=1S/C15H27BrN4O/c1-2-21-14-13-19-11-9-18(10-12-19)6-3-4-7-20-8-5-15(16)17-20/h5,8H,2-4,6-7,9-14H2,1H3. The van der Waals surface area contributed by atoms with Crippen LogP contribution in [-0.4, -0.2) is 72.1 Å². The molecule has 0 amide bonds. The van der Waals surface area contributed by atoms with E-state index in [1.165, 1.54) is 45.6 Å². The maximum absolute atomic E-state index is 5.42. The zero-order valence-electron chi connectivity index (χ0n) is 13.0.